The number of benzene rings is 1. The number of nitrogens with zero attached hydrogens (tertiary/aromatic N) is 2. The summed E-state index contributed by atoms with van der Waals surface area (Å²) in [6.07, 6.45) is -3.67. The fourth-order valence-corrected chi connectivity index (χ4v) is 2.50. The van der Waals surface area contributed by atoms with E-state index in [1.165, 1.54) is 11.3 Å². The minimum absolute atomic E-state index is 0.155. The molecule has 0 aliphatic rings. The zero-order valence-corrected chi connectivity index (χ0v) is 13.0. The smallest absolute Gasteiger partial charge is 0.417 e. The summed E-state index contributed by atoms with van der Waals surface area (Å²) in [7, 11) is 0. The Morgan fingerprint density at radius 1 is 1.43 bits per heavy atom. The lowest BCUT2D eigenvalue weighted by Crippen LogP contribution is -2.09. The van der Waals surface area contributed by atoms with Gasteiger partial charge in [-0.1, -0.05) is 0 Å². The zero-order chi connectivity index (χ0) is 15.6. The SMILES string of the molecule is Cc1csc(NN=Cc2c(C(F)(F)F)ccc(Br)c2O)n1. The summed E-state index contributed by atoms with van der Waals surface area (Å²) < 4.78 is 38.8. The van der Waals surface area contributed by atoms with Gasteiger partial charge in [0.1, 0.15) is 5.75 Å². The van der Waals surface area contributed by atoms with Gasteiger partial charge in [0.25, 0.3) is 0 Å². The molecule has 0 radical (unpaired) electrons. The van der Waals surface area contributed by atoms with Crippen LogP contribution >= 0.6 is 27.3 Å². The molecule has 1 heterocycles. The third-order valence-electron chi connectivity index (χ3n) is 2.45. The number of thiazole rings is 1. The van der Waals surface area contributed by atoms with Crippen LogP contribution in [0.3, 0.4) is 0 Å². The van der Waals surface area contributed by atoms with E-state index in [9.17, 15) is 18.3 Å². The largest absolute Gasteiger partial charge is 0.506 e. The highest BCUT2D eigenvalue weighted by atomic mass is 79.9. The highest BCUT2D eigenvalue weighted by Crippen LogP contribution is 2.38. The van der Waals surface area contributed by atoms with Crippen LogP contribution in [-0.4, -0.2) is 16.3 Å². The molecule has 9 heteroatoms. The van der Waals surface area contributed by atoms with Crippen molar-refractivity contribution in [1.82, 2.24) is 4.98 Å². The first-order valence-electron chi connectivity index (χ1n) is 5.59. The molecular formula is C12H9BrF3N3OS. The van der Waals surface area contributed by atoms with Gasteiger partial charge in [0, 0.05) is 10.9 Å². The van der Waals surface area contributed by atoms with Crippen molar-refractivity contribution in [2.45, 2.75) is 13.1 Å². The van der Waals surface area contributed by atoms with Gasteiger partial charge in [-0.3, -0.25) is 5.43 Å². The van der Waals surface area contributed by atoms with Gasteiger partial charge in [-0.25, -0.2) is 4.98 Å². The summed E-state index contributed by atoms with van der Waals surface area (Å²) in [6.45, 7) is 1.79. The Morgan fingerprint density at radius 3 is 2.71 bits per heavy atom. The molecule has 0 saturated carbocycles. The highest BCUT2D eigenvalue weighted by Gasteiger charge is 2.34. The van der Waals surface area contributed by atoms with E-state index in [-0.39, 0.29) is 4.47 Å². The predicted molar refractivity (Wildman–Crippen MR) is 78.9 cm³/mol. The topological polar surface area (TPSA) is 57.5 Å². The van der Waals surface area contributed by atoms with Crippen LogP contribution in [0.25, 0.3) is 0 Å². The second kappa shape index (κ2) is 6.02. The molecule has 0 saturated heterocycles. The van der Waals surface area contributed by atoms with E-state index in [1.54, 1.807) is 12.3 Å². The number of anilines is 1. The molecular weight excluding hydrogens is 371 g/mol. The maximum Gasteiger partial charge on any atom is 0.417 e. The normalized spacial score (nSPS) is 12.0. The van der Waals surface area contributed by atoms with E-state index in [1.807, 2.05) is 0 Å². The van der Waals surface area contributed by atoms with Crippen molar-refractivity contribution in [1.29, 1.82) is 0 Å². The molecule has 21 heavy (non-hydrogen) atoms. The second-order valence-electron chi connectivity index (χ2n) is 4.02. The molecule has 0 aliphatic carbocycles. The van der Waals surface area contributed by atoms with Gasteiger partial charge in [0.15, 0.2) is 0 Å². The van der Waals surface area contributed by atoms with Crippen LogP contribution in [0.15, 0.2) is 27.1 Å². The molecule has 0 atom stereocenters. The van der Waals surface area contributed by atoms with Crippen LogP contribution < -0.4 is 5.43 Å². The number of alkyl halides is 3. The Hall–Kier alpha value is -1.61. The number of aromatic nitrogens is 1. The molecule has 0 fully saturated rings. The Labute approximate surface area is 130 Å². The quantitative estimate of drug-likeness (QED) is 0.614. The van der Waals surface area contributed by atoms with E-state index in [0.29, 0.717) is 5.13 Å². The lowest BCUT2D eigenvalue weighted by atomic mass is 10.1. The number of aromatic hydroxyl groups is 1. The Bertz CT molecular complexity index is 685. The first kappa shape index (κ1) is 15.8. The average molecular weight is 380 g/mol. The number of rotatable bonds is 3. The second-order valence-corrected chi connectivity index (χ2v) is 5.73. The first-order chi connectivity index (χ1) is 9.79. The van der Waals surface area contributed by atoms with Crippen molar-refractivity contribution in [3.05, 3.63) is 38.8 Å². The number of nitrogens with one attached hydrogen (secondary N) is 1. The van der Waals surface area contributed by atoms with Crippen molar-refractivity contribution in [3.63, 3.8) is 0 Å². The molecule has 0 spiro atoms. The summed E-state index contributed by atoms with van der Waals surface area (Å²) in [5.41, 5.74) is 1.91. The molecule has 112 valence electrons. The zero-order valence-electron chi connectivity index (χ0n) is 10.6. The first-order valence-corrected chi connectivity index (χ1v) is 7.26. The van der Waals surface area contributed by atoms with E-state index in [2.05, 4.69) is 31.4 Å². The van der Waals surface area contributed by atoms with Gasteiger partial charge in [-0.15, -0.1) is 11.3 Å². The molecule has 0 aliphatic heterocycles. The fraction of sp³-hybridized carbons (Fsp3) is 0.167. The van der Waals surface area contributed by atoms with Gasteiger partial charge in [0.05, 0.1) is 21.9 Å². The van der Waals surface area contributed by atoms with Crippen molar-refractivity contribution >= 4 is 38.6 Å². The summed E-state index contributed by atoms with van der Waals surface area (Å²) >= 11 is 4.25. The Morgan fingerprint density at radius 2 is 2.14 bits per heavy atom. The molecule has 4 nitrogen and oxygen atoms in total. The highest BCUT2D eigenvalue weighted by molar-refractivity contribution is 9.10. The Kier molecular flexibility index (Phi) is 4.52. The number of aryl methyl sites for hydroxylation is 1. The van der Waals surface area contributed by atoms with Crippen LogP contribution in [0, 0.1) is 6.92 Å². The number of hydrazone groups is 1. The summed E-state index contributed by atoms with van der Waals surface area (Å²) in [6, 6.07) is 2.01. The molecule has 2 rings (SSSR count). The molecule has 1 aromatic heterocycles. The number of halogens is 4. The van der Waals surface area contributed by atoms with Crippen LogP contribution in [0.1, 0.15) is 16.8 Å². The van der Waals surface area contributed by atoms with E-state index in [0.717, 1.165) is 24.0 Å². The van der Waals surface area contributed by atoms with Gasteiger partial charge in [-0.2, -0.15) is 18.3 Å². The van der Waals surface area contributed by atoms with Crippen LogP contribution in [-0.2, 0) is 6.18 Å². The maximum absolute atomic E-state index is 12.9. The van der Waals surface area contributed by atoms with Gasteiger partial charge in [-0.05, 0) is 35.0 Å². The van der Waals surface area contributed by atoms with E-state index in [4.69, 9.17) is 0 Å². The summed E-state index contributed by atoms with van der Waals surface area (Å²) in [5.74, 6) is -0.523. The van der Waals surface area contributed by atoms with Gasteiger partial charge >= 0.3 is 6.18 Å². The van der Waals surface area contributed by atoms with Crippen LogP contribution in [0.2, 0.25) is 0 Å². The van der Waals surface area contributed by atoms with Gasteiger partial charge < -0.3 is 5.11 Å². The third-order valence-corrected chi connectivity index (χ3v) is 3.95. The number of hydrogen-bond acceptors (Lipinski definition) is 5. The predicted octanol–water partition coefficient (Wildman–Crippen LogP) is 4.38. The molecule has 2 N–H and O–H groups in total. The van der Waals surface area contributed by atoms with E-state index < -0.39 is 23.1 Å². The standard InChI is InChI=1S/C12H9BrF3N3OS/c1-6-5-21-11(18-6)19-17-4-7-8(12(14,15)16)2-3-9(13)10(7)20/h2-5,20H,1H3,(H,18,19). The summed E-state index contributed by atoms with van der Waals surface area (Å²) in [4.78, 5) is 4.05. The monoisotopic (exact) mass is 379 g/mol. The minimum atomic E-state index is -4.59. The maximum atomic E-state index is 12.9. The average Bonchev–Trinajstić information content (AvgIpc) is 2.79. The van der Waals surface area contributed by atoms with Crippen molar-refractivity contribution in [2.24, 2.45) is 5.10 Å². The van der Waals surface area contributed by atoms with Gasteiger partial charge in [0.2, 0.25) is 5.13 Å². The molecule has 0 amide bonds. The lowest BCUT2D eigenvalue weighted by molar-refractivity contribution is -0.137. The molecule has 0 unspecified atom stereocenters. The van der Waals surface area contributed by atoms with Crippen molar-refractivity contribution in [3.8, 4) is 5.75 Å². The van der Waals surface area contributed by atoms with E-state index >= 15 is 0 Å². The van der Waals surface area contributed by atoms with Crippen molar-refractivity contribution in [2.75, 3.05) is 5.43 Å². The number of phenols is 1. The lowest BCUT2D eigenvalue weighted by Gasteiger charge is -2.12. The van der Waals surface area contributed by atoms with Crippen LogP contribution in [0.5, 0.6) is 5.75 Å². The number of hydrogen-bond donors (Lipinski definition) is 2. The summed E-state index contributed by atoms with van der Waals surface area (Å²) in [5, 5.41) is 15.7. The fourth-order valence-electron chi connectivity index (χ4n) is 1.52. The Balaban J connectivity index is 2.31. The van der Waals surface area contributed by atoms with Crippen LogP contribution in [0.4, 0.5) is 18.3 Å². The minimum Gasteiger partial charge on any atom is -0.506 e. The molecule has 1 aromatic carbocycles. The third kappa shape index (κ3) is 3.73. The molecule has 2 aromatic rings. The number of phenolic OH excluding ortho intramolecular Hbond substituents is 1. The van der Waals surface area contributed by atoms with Crippen molar-refractivity contribution < 1.29 is 18.3 Å². The molecule has 0 bridgehead atoms.